The Hall–Kier alpha value is -2.53. The molecule has 0 radical (unpaired) electrons. The van der Waals surface area contributed by atoms with Crippen LogP contribution in [0.5, 0.6) is 0 Å². The first-order chi connectivity index (χ1) is 13.6. The van der Waals surface area contributed by atoms with Crippen molar-refractivity contribution in [2.24, 2.45) is 0 Å². The Balaban J connectivity index is 1.92. The monoisotopic (exact) mass is 431 g/mol. The van der Waals surface area contributed by atoms with Gasteiger partial charge in [-0.2, -0.15) is 5.26 Å². The summed E-state index contributed by atoms with van der Waals surface area (Å²) in [6.45, 7) is 0.326. The summed E-state index contributed by atoms with van der Waals surface area (Å²) in [6, 6.07) is 16.7. The first kappa shape index (κ1) is 20.2. The van der Waals surface area contributed by atoms with Gasteiger partial charge in [0.15, 0.2) is 11.0 Å². The lowest BCUT2D eigenvalue weighted by Crippen LogP contribution is -2.26. The Labute approximate surface area is 176 Å². The fourth-order valence-corrected chi connectivity index (χ4v) is 3.73. The van der Waals surface area contributed by atoms with Crippen LogP contribution < -0.4 is 5.32 Å². The number of para-hydroxylation sites is 1. The number of thioether (sulfide) groups is 1. The van der Waals surface area contributed by atoms with Gasteiger partial charge in [0.25, 0.3) is 0 Å². The van der Waals surface area contributed by atoms with E-state index < -0.39 is 0 Å². The van der Waals surface area contributed by atoms with Gasteiger partial charge in [0.1, 0.15) is 0 Å². The van der Waals surface area contributed by atoms with Gasteiger partial charge in [0.05, 0.1) is 23.3 Å². The summed E-state index contributed by atoms with van der Waals surface area (Å²) >= 11 is 13.6. The highest BCUT2D eigenvalue weighted by molar-refractivity contribution is 7.99. The molecular formula is C19H15Cl2N5OS. The minimum Gasteiger partial charge on any atom is -0.354 e. The van der Waals surface area contributed by atoms with Crippen molar-refractivity contribution in [3.63, 3.8) is 0 Å². The van der Waals surface area contributed by atoms with Crippen LogP contribution in [0.4, 0.5) is 0 Å². The molecule has 3 rings (SSSR count). The number of carbonyl (C=O) groups excluding carboxylic acids is 1. The molecule has 9 heteroatoms. The first-order valence-electron chi connectivity index (χ1n) is 8.33. The lowest BCUT2D eigenvalue weighted by molar-refractivity contribution is -0.118. The summed E-state index contributed by atoms with van der Waals surface area (Å²) in [7, 11) is 0. The largest absolute Gasteiger partial charge is 0.354 e. The van der Waals surface area contributed by atoms with Gasteiger partial charge in [-0.15, -0.1) is 10.2 Å². The number of aromatic nitrogens is 3. The zero-order chi connectivity index (χ0) is 19.9. The molecule has 0 bridgehead atoms. The number of carbonyl (C=O) groups is 1. The van der Waals surface area contributed by atoms with E-state index in [1.165, 1.54) is 11.8 Å². The fourth-order valence-electron chi connectivity index (χ4n) is 2.46. The topological polar surface area (TPSA) is 83.6 Å². The van der Waals surface area contributed by atoms with Gasteiger partial charge in [-0.3, -0.25) is 9.36 Å². The number of amides is 1. The molecule has 0 unspecified atom stereocenters. The van der Waals surface area contributed by atoms with Crippen molar-refractivity contribution in [3.05, 3.63) is 58.6 Å². The van der Waals surface area contributed by atoms with Crippen LogP contribution >= 0.6 is 35.0 Å². The molecule has 0 spiro atoms. The van der Waals surface area contributed by atoms with Gasteiger partial charge in [0, 0.05) is 22.8 Å². The second-order valence-corrected chi connectivity index (χ2v) is 7.43. The van der Waals surface area contributed by atoms with Gasteiger partial charge in [-0.25, -0.2) is 0 Å². The Morgan fingerprint density at radius 1 is 1.18 bits per heavy atom. The molecule has 6 nitrogen and oxygen atoms in total. The Morgan fingerprint density at radius 3 is 2.68 bits per heavy atom. The van der Waals surface area contributed by atoms with E-state index >= 15 is 0 Å². The van der Waals surface area contributed by atoms with Crippen molar-refractivity contribution in [2.75, 3.05) is 12.3 Å². The number of rotatable bonds is 7. The Morgan fingerprint density at radius 2 is 1.96 bits per heavy atom. The van der Waals surface area contributed by atoms with E-state index in [9.17, 15) is 4.79 Å². The van der Waals surface area contributed by atoms with Crippen LogP contribution in [-0.2, 0) is 4.79 Å². The van der Waals surface area contributed by atoms with Crippen molar-refractivity contribution in [2.45, 2.75) is 11.6 Å². The summed E-state index contributed by atoms with van der Waals surface area (Å²) < 4.78 is 1.85. The Kier molecular flexibility index (Phi) is 6.93. The van der Waals surface area contributed by atoms with Crippen molar-refractivity contribution in [1.82, 2.24) is 20.1 Å². The maximum atomic E-state index is 12.0. The molecule has 142 valence electrons. The number of hydrogen-bond donors (Lipinski definition) is 1. The summed E-state index contributed by atoms with van der Waals surface area (Å²) in [5, 5.41) is 21.3. The maximum absolute atomic E-state index is 12.0. The van der Waals surface area contributed by atoms with Gasteiger partial charge in [-0.05, 0) is 30.3 Å². The van der Waals surface area contributed by atoms with Crippen molar-refractivity contribution in [3.8, 4) is 23.1 Å². The Bertz CT molecular complexity index is 1020. The molecule has 0 aliphatic carbocycles. The summed E-state index contributed by atoms with van der Waals surface area (Å²) in [5.74, 6) is 0.541. The fraction of sp³-hybridized carbons (Fsp3) is 0.158. The van der Waals surface area contributed by atoms with Gasteiger partial charge in [-0.1, -0.05) is 53.2 Å². The van der Waals surface area contributed by atoms with E-state index in [4.69, 9.17) is 28.5 Å². The van der Waals surface area contributed by atoms with Crippen LogP contribution in [0.1, 0.15) is 6.42 Å². The molecule has 0 aliphatic rings. The number of nitrogens with zero attached hydrogens (tertiary/aromatic N) is 4. The summed E-state index contributed by atoms with van der Waals surface area (Å²) in [4.78, 5) is 12.0. The zero-order valence-corrected chi connectivity index (χ0v) is 16.9. The molecule has 0 fully saturated rings. The molecule has 0 aliphatic heterocycles. The summed E-state index contributed by atoms with van der Waals surface area (Å²) in [5.41, 5.74) is 1.54. The van der Waals surface area contributed by atoms with Crippen LogP contribution in [0.25, 0.3) is 17.1 Å². The summed E-state index contributed by atoms with van der Waals surface area (Å²) in [6.07, 6.45) is 0.274. The van der Waals surface area contributed by atoms with E-state index in [0.717, 1.165) is 5.69 Å². The third kappa shape index (κ3) is 4.84. The smallest absolute Gasteiger partial charge is 0.230 e. The average Bonchev–Trinajstić information content (AvgIpc) is 3.11. The standard InChI is InChI=1S/C19H15Cl2N5OS/c20-13-7-8-15(16(21)11-13)18-24-25-19(26(18)14-5-2-1-3-6-14)28-12-17(27)23-10-4-9-22/h1-3,5-8,11H,4,10,12H2,(H,23,27). The predicted molar refractivity (Wildman–Crippen MR) is 111 cm³/mol. The highest BCUT2D eigenvalue weighted by Gasteiger charge is 2.19. The molecular weight excluding hydrogens is 417 g/mol. The molecule has 2 aromatic carbocycles. The predicted octanol–water partition coefficient (Wildman–Crippen LogP) is 4.36. The zero-order valence-electron chi connectivity index (χ0n) is 14.6. The molecule has 0 atom stereocenters. The van der Waals surface area contributed by atoms with Gasteiger partial charge >= 0.3 is 0 Å². The molecule has 0 saturated carbocycles. The van der Waals surface area contributed by atoms with Crippen LogP contribution in [-0.4, -0.2) is 33.0 Å². The second kappa shape index (κ2) is 9.60. The SMILES string of the molecule is N#CCCNC(=O)CSc1nnc(-c2ccc(Cl)cc2Cl)n1-c1ccccc1. The van der Waals surface area contributed by atoms with E-state index in [1.54, 1.807) is 18.2 Å². The van der Waals surface area contributed by atoms with E-state index in [2.05, 4.69) is 15.5 Å². The molecule has 1 amide bonds. The van der Waals surface area contributed by atoms with E-state index in [-0.39, 0.29) is 18.1 Å². The minimum atomic E-state index is -0.172. The normalized spacial score (nSPS) is 10.5. The molecule has 1 aromatic heterocycles. The molecule has 28 heavy (non-hydrogen) atoms. The third-order valence-electron chi connectivity index (χ3n) is 3.71. The van der Waals surface area contributed by atoms with E-state index in [0.29, 0.717) is 33.1 Å². The highest BCUT2D eigenvalue weighted by atomic mass is 35.5. The van der Waals surface area contributed by atoms with Gasteiger partial charge in [0.2, 0.25) is 5.91 Å². The molecule has 0 saturated heterocycles. The molecule has 1 heterocycles. The average molecular weight is 432 g/mol. The minimum absolute atomic E-state index is 0.157. The number of halogens is 2. The quantitative estimate of drug-likeness (QED) is 0.443. The molecule has 3 aromatic rings. The van der Waals surface area contributed by atoms with Crippen LogP contribution in [0.3, 0.4) is 0 Å². The highest BCUT2D eigenvalue weighted by Crippen LogP contribution is 2.33. The number of nitriles is 1. The number of benzene rings is 2. The van der Waals surface area contributed by atoms with Crippen LogP contribution in [0, 0.1) is 11.3 Å². The van der Waals surface area contributed by atoms with Crippen LogP contribution in [0.15, 0.2) is 53.7 Å². The van der Waals surface area contributed by atoms with Crippen molar-refractivity contribution >= 4 is 40.9 Å². The van der Waals surface area contributed by atoms with Crippen molar-refractivity contribution < 1.29 is 4.79 Å². The number of nitrogens with one attached hydrogen (secondary N) is 1. The van der Waals surface area contributed by atoms with Crippen LogP contribution in [0.2, 0.25) is 10.0 Å². The lowest BCUT2D eigenvalue weighted by atomic mass is 10.2. The first-order valence-corrected chi connectivity index (χ1v) is 10.1. The van der Waals surface area contributed by atoms with E-state index in [1.807, 2.05) is 41.0 Å². The van der Waals surface area contributed by atoms with Gasteiger partial charge < -0.3 is 5.32 Å². The third-order valence-corrected chi connectivity index (χ3v) is 5.19. The molecule has 1 N–H and O–H groups in total. The second-order valence-electron chi connectivity index (χ2n) is 5.65. The maximum Gasteiger partial charge on any atom is 0.230 e. The number of hydrogen-bond acceptors (Lipinski definition) is 5. The van der Waals surface area contributed by atoms with Crippen molar-refractivity contribution in [1.29, 1.82) is 5.26 Å². The lowest BCUT2D eigenvalue weighted by Gasteiger charge is -2.11.